The van der Waals surface area contributed by atoms with Crippen molar-refractivity contribution in [3.8, 4) is 5.69 Å². The van der Waals surface area contributed by atoms with E-state index >= 15 is 0 Å². The van der Waals surface area contributed by atoms with Gasteiger partial charge in [-0.3, -0.25) is 4.79 Å². The number of piperidine rings is 1. The van der Waals surface area contributed by atoms with Crippen LogP contribution in [0.2, 0.25) is 0 Å². The van der Waals surface area contributed by atoms with Crippen LogP contribution in [0.25, 0.3) is 5.69 Å². The normalized spacial score (nSPS) is 18.8. The summed E-state index contributed by atoms with van der Waals surface area (Å²) in [5.41, 5.74) is 2.74. The van der Waals surface area contributed by atoms with Crippen molar-refractivity contribution in [2.75, 3.05) is 31.7 Å². The smallest absolute Gasteiger partial charge is 0.223 e. The Balaban J connectivity index is 1.49. The summed E-state index contributed by atoms with van der Waals surface area (Å²) in [6.45, 7) is 1.76. The molecule has 1 aromatic carbocycles. The average molecular weight is 404 g/mol. The molecule has 0 radical (unpaired) electrons. The van der Waals surface area contributed by atoms with Crippen LogP contribution < -0.4 is 0 Å². The Morgan fingerprint density at radius 2 is 1.93 bits per heavy atom. The first-order valence-corrected chi connectivity index (χ1v) is 11.7. The molecule has 4 rings (SSSR count). The zero-order valence-corrected chi connectivity index (χ0v) is 16.8. The van der Waals surface area contributed by atoms with Crippen molar-refractivity contribution in [2.24, 2.45) is 0 Å². The van der Waals surface area contributed by atoms with E-state index in [1.807, 2.05) is 35.0 Å². The molecule has 1 spiro atoms. The number of amides is 1. The Hall–Kier alpha value is -2.19. The summed E-state index contributed by atoms with van der Waals surface area (Å²) < 4.78 is 30.8. The lowest BCUT2D eigenvalue weighted by Gasteiger charge is -2.43. The van der Waals surface area contributed by atoms with E-state index in [1.165, 1.54) is 5.56 Å². The third-order valence-corrected chi connectivity index (χ3v) is 6.55. The molecule has 1 saturated heterocycles. The van der Waals surface area contributed by atoms with E-state index < -0.39 is 15.4 Å². The first kappa shape index (κ1) is 19.1. The van der Waals surface area contributed by atoms with Gasteiger partial charge in [-0.15, -0.1) is 0 Å². The monoisotopic (exact) mass is 403 g/mol. The van der Waals surface area contributed by atoms with Crippen LogP contribution in [0.15, 0.2) is 36.5 Å². The third-order valence-electron chi connectivity index (χ3n) is 5.60. The molecular weight excluding hydrogens is 378 g/mol. The number of carbonyl (C=O) groups is 1. The van der Waals surface area contributed by atoms with Gasteiger partial charge in [-0.25, -0.2) is 13.1 Å². The highest BCUT2D eigenvalue weighted by Crippen LogP contribution is 2.41. The van der Waals surface area contributed by atoms with Gasteiger partial charge in [0.2, 0.25) is 5.91 Å². The highest BCUT2D eigenvalue weighted by molar-refractivity contribution is 7.90. The number of sulfone groups is 1. The van der Waals surface area contributed by atoms with Gasteiger partial charge in [0.1, 0.15) is 15.4 Å². The number of fused-ring (bicyclic) bond motifs is 2. The van der Waals surface area contributed by atoms with Crippen molar-refractivity contribution in [3.63, 3.8) is 0 Å². The fraction of sp³-hybridized carbons (Fsp3) is 0.500. The molecule has 0 N–H and O–H groups in total. The number of hydrogen-bond acceptors (Lipinski definition) is 5. The highest BCUT2D eigenvalue weighted by Gasteiger charge is 2.44. The van der Waals surface area contributed by atoms with Gasteiger partial charge in [0.25, 0.3) is 0 Å². The fourth-order valence-corrected chi connectivity index (χ4v) is 4.59. The minimum absolute atomic E-state index is 0.0422. The van der Waals surface area contributed by atoms with E-state index in [-0.39, 0.29) is 18.1 Å². The molecule has 0 unspecified atom stereocenters. The maximum absolute atomic E-state index is 12.4. The van der Waals surface area contributed by atoms with Crippen LogP contribution in [0.3, 0.4) is 0 Å². The summed E-state index contributed by atoms with van der Waals surface area (Å²) in [4.78, 5) is 14.1. The lowest BCUT2D eigenvalue weighted by atomic mass is 9.83. The van der Waals surface area contributed by atoms with Crippen LogP contribution in [0, 0.1) is 0 Å². The number of carbonyl (C=O) groups excluding carboxylic acids is 1. The number of rotatable bonds is 4. The molecule has 8 heteroatoms. The van der Waals surface area contributed by atoms with Crippen LogP contribution in [0.5, 0.6) is 0 Å². The summed E-state index contributed by atoms with van der Waals surface area (Å²) in [5, 5.41) is 4.85. The van der Waals surface area contributed by atoms with Gasteiger partial charge in [0, 0.05) is 32.0 Å². The zero-order chi connectivity index (χ0) is 19.8. The molecule has 2 aliphatic heterocycles. The minimum atomic E-state index is -3.13. The van der Waals surface area contributed by atoms with Gasteiger partial charge in [-0.05, 0) is 37.0 Å². The Bertz CT molecular complexity index is 961. The van der Waals surface area contributed by atoms with Crippen LogP contribution in [-0.2, 0) is 31.4 Å². The second-order valence-corrected chi connectivity index (χ2v) is 9.90. The van der Waals surface area contributed by atoms with E-state index in [2.05, 4.69) is 6.20 Å². The van der Waals surface area contributed by atoms with Crippen LogP contribution >= 0.6 is 0 Å². The van der Waals surface area contributed by atoms with Gasteiger partial charge in [0.05, 0.1) is 23.7 Å². The molecule has 0 aliphatic carbocycles. The molecule has 0 atom stereocenters. The number of nitrogens with zero attached hydrogens (tertiary/aromatic N) is 3. The van der Waals surface area contributed by atoms with Gasteiger partial charge < -0.3 is 9.64 Å². The van der Waals surface area contributed by atoms with Crippen molar-refractivity contribution in [1.29, 1.82) is 0 Å². The van der Waals surface area contributed by atoms with Gasteiger partial charge in [-0.2, -0.15) is 5.10 Å². The Morgan fingerprint density at radius 1 is 1.21 bits per heavy atom. The van der Waals surface area contributed by atoms with Crippen molar-refractivity contribution in [1.82, 2.24) is 14.7 Å². The molecule has 28 heavy (non-hydrogen) atoms. The van der Waals surface area contributed by atoms with Gasteiger partial charge in [0.15, 0.2) is 0 Å². The number of ether oxygens (including phenoxy) is 1. The zero-order valence-electron chi connectivity index (χ0n) is 16.0. The van der Waals surface area contributed by atoms with E-state index in [0.717, 1.165) is 24.1 Å². The van der Waals surface area contributed by atoms with Crippen LogP contribution in [0.1, 0.15) is 30.5 Å². The van der Waals surface area contributed by atoms with E-state index in [1.54, 1.807) is 4.90 Å². The Labute approximate surface area is 165 Å². The number of aromatic nitrogens is 2. The molecule has 2 aromatic rings. The number of likely N-dealkylation sites (tertiary alicyclic amines) is 1. The van der Waals surface area contributed by atoms with E-state index in [4.69, 9.17) is 9.84 Å². The first-order chi connectivity index (χ1) is 13.4. The minimum Gasteiger partial charge on any atom is -0.368 e. The standard InChI is InChI=1S/C20H25N3O4S/c1-28(25,26)14-8-18(24)22-11-9-20(10-12-22)19-16(7-13-27-20)15-23(21-19)17-5-3-2-4-6-17/h2-6,15H,7-14H2,1H3. The third kappa shape index (κ3) is 3.84. The molecule has 2 aliphatic rings. The summed E-state index contributed by atoms with van der Waals surface area (Å²) >= 11 is 0. The number of hydrogen-bond donors (Lipinski definition) is 0. The van der Waals surface area contributed by atoms with E-state index in [0.29, 0.717) is 32.5 Å². The molecule has 1 aromatic heterocycles. The topological polar surface area (TPSA) is 81.5 Å². The van der Waals surface area contributed by atoms with Crippen LogP contribution in [-0.4, -0.2) is 60.7 Å². The van der Waals surface area contributed by atoms with Crippen molar-refractivity contribution >= 4 is 15.7 Å². The predicted molar refractivity (Wildman–Crippen MR) is 105 cm³/mol. The highest BCUT2D eigenvalue weighted by atomic mass is 32.2. The quantitative estimate of drug-likeness (QED) is 0.776. The predicted octanol–water partition coefficient (Wildman–Crippen LogP) is 1.70. The lowest BCUT2D eigenvalue weighted by Crippen LogP contribution is -2.48. The van der Waals surface area contributed by atoms with Gasteiger partial charge in [-0.1, -0.05) is 18.2 Å². The van der Waals surface area contributed by atoms with Crippen molar-refractivity contribution < 1.29 is 17.9 Å². The average Bonchev–Trinajstić information content (AvgIpc) is 3.13. The Morgan fingerprint density at radius 3 is 2.61 bits per heavy atom. The molecule has 7 nitrogen and oxygen atoms in total. The molecule has 1 fully saturated rings. The largest absolute Gasteiger partial charge is 0.368 e. The number of para-hydroxylation sites is 1. The summed E-state index contributed by atoms with van der Waals surface area (Å²) in [5.74, 6) is -0.207. The molecule has 1 amide bonds. The SMILES string of the molecule is CS(=O)(=O)CCC(=O)N1CCC2(CC1)OCCc1cn(-c3ccccc3)nc12. The maximum atomic E-state index is 12.4. The molecule has 150 valence electrons. The summed E-state index contributed by atoms with van der Waals surface area (Å²) in [6, 6.07) is 10.0. The van der Waals surface area contributed by atoms with Gasteiger partial charge >= 0.3 is 0 Å². The molecular formula is C20H25N3O4S. The first-order valence-electron chi connectivity index (χ1n) is 9.60. The number of benzene rings is 1. The second kappa shape index (κ2) is 7.33. The molecule has 0 saturated carbocycles. The molecule has 3 heterocycles. The fourth-order valence-electron chi connectivity index (χ4n) is 4.04. The summed E-state index contributed by atoms with van der Waals surface area (Å²) in [7, 11) is -3.13. The molecule has 0 bridgehead atoms. The van der Waals surface area contributed by atoms with Crippen LogP contribution in [0.4, 0.5) is 0 Å². The Kier molecular flexibility index (Phi) is 5.01. The van der Waals surface area contributed by atoms with Crippen molar-refractivity contribution in [2.45, 2.75) is 31.3 Å². The van der Waals surface area contributed by atoms with E-state index in [9.17, 15) is 13.2 Å². The second-order valence-electron chi connectivity index (χ2n) is 7.64. The lowest BCUT2D eigenvalue weighted by molar-refractivity contribution is -0.140. The summed E-state index contributed by atoms with van der Waals surface area (Å²) in [6.07, 6.45) is 5.47. The maximum Gasteiger partial charge on any atom is 0.223 e. The van der Waals surface area contributed by atoms with Crippen molar-refractivity contribution in [3.05, 3.63) is 47.8 Å².